The molecule has 1 aromatic carbocycles. The Morgan fingerprint density at radius 1 is 1.22 bits per heavy atom. The molecule has 0 bridgehead atoms. The number of hydrogen-bond acceptors (Lipinski definition) is 7. The highest BCUT2D eigenvalue weighted by Crippen LogP contribution is 2.26. The maximum Gasteiger partial charge on any atom is 0.319 e. The van der Waals surface area contributed by atoms with Gasteiger partial charge >= 0.3 is 6.03 Å². The van der Waals surface area contributed by atoms with Crippen LogP contribution in [0.4, 0.5) is 10.5 Å². The quantitative estimate of drug-likeness (QED) is 0.652. The molecule has 2 N–H and O–H groups in total. The van der Waals surface area contributed by atoms with Crippen LogP contribution in [0.15, 0.2) is 36.9 Å². The van der Waals surface area contributed by atoms with E-state index in [1.165, 1.54) is 6.33 Å². The summed E-state index contributed by atoms with van der Waals surface area (Å²) < 4.78 is 12.0. The Labute approximate surface area is 213 Å². The van der Waals surface area contributed by atoms with Crippen LogP contribution in [0.1, 0.15) is 43.6 Å². The molecule has 0 unspecified atom stereocenters. The third-order valence-electron chi connectivity index (χ3n) is 6.25. The number of fused-ring (bicyclic) bond motifs is 1. The molecule has 3 rings (SSSR count). The van der Waals surface area contributed by atoms with Crippen LogP contribution in [0.3, 0.4) is 0 Å². The van der Waals surface area contributed by atoms with Gasteiger partial charge in [-0.2, -0.15) is 0 Å². The van der Waals surface area contributed by atoms with Crippen LogP contribution in [0, 0.1) is 5.92 Å². The van der Waals surface area contributed by atoms with Crippen molar-refractivity contribution in [1.82, 2.24) is 25.1 Å². The lowest BCUT2D eigenvalue weighted by molar-refractivity contribution is 0.00918. The summed E-state index contributed by atoms with van der Waals surface area (Å²) in [7, 11) is 3.43. The van der Waals surface area contributed by atoms with Crippen LogP contribution in [-0.2, 0) is 11.3 Å². The van der Waals surface area contributed by atoms with Gasteiger partial charge in [0.05, 0.1) is 11.7 Å². The average molecular weight is 499 g/mol. The molecule has 36 heavy (non-hydrogen) atoms. The number of amides is 3. The van der Waals surface area contributed by atoms with Crippen molar-refractivity contribution in [1.29, 1.82) is 0 Å². The highest BCUT2D eigenvalue weighted by atomic mass is 16.5. The molecule has 0 aliphatic carbocycles. The van der Waals surface area contributed by atoms with E-state index in [1.54, 1.807) is 37.3 Å². The third kappa shape index (κ3) is 7.38. The van der Waals surface area contributed by atoms with Crippen molar-refractivity contribution in [3.63, 3.8) is 0 Å². The Hall–Kier alpha value is -3.24. The summed E-state index contributed by atoms with van der Waals surface area (Å²) in [5.74, 6) is 0.418. The molecule has 0 radical (unpaired) electrons. The van der Waals surface area contributed by atoms with Crippen LogP contribution in [0.2, 0.25) is 0 Å². The minimum absolute atomic E-state index is 0.00904. The van der Waals surface area contributed by atoms with E-state index in [4.69, 9.17) is 9.47 Å². The molecule has 196 valence electrons. The van der Waals surface area contributed by atoms with Crippen molar-refractivity contribution in [2.45, 2.75) is 52.4 Å². The Morgan fingerprint density at radius 2 is 1.94 bits per heavy atom. The molecule has 0 saturated carbocycles. The number of methoxy groups -OCH3 is 1. The molecular formula is C26H38N6O4. The minimum atomic E-state index is -0.331. The van der Waals surface area contributed by atoms with Gasteiger partial charge in [0.2, 0.25) is 0 Å². The molecule has 3 amide bonds. The fraction of sp³-hybridized carbons (Fsp3) is 0.538. The smallest absolute Gasteiger partial charge is 0.319 e. The maximum atomic E-state index is 13.5. The van der Waals surface area contributed by atoms with Crippen molar-refractivity contribution >= 4 is 17.6 Å². The predicted molar refractivity (Wildman–Crippen MR) is 138 cm³/mol. The number of nitrogens with one attached hydrogen (secondary N) is 2. The van der Waals surface area contributed by atoms with E-state index < -0.39 is 0 Å². The first-order valence-corrected chi connectivity index (χ1v) is 12.3. The topological polar surface area (TPSA) is 109 Å². The number of hydrogen-bond donors (Lipinski definition) is 2. The monoisotopic (exact) mass is 498 g/mol. The standard InChI is InChI=1S/C26H38N6O4/c1-17(2)29-26(34)30-21-7-8-23-22(9-21)25(33)31(5)14-24(35-6)18(3)12-32(19(4)15-36-23)13-20-10-27-16-28-11-20/h7-11,16-19,24H,12-15H2,1-6H3,(H2,29,30,34)/t18-,19+,24+/m0/s1. The van der Waals surface area contributed by atoms with E-state index in [9.17, 15) is 9.59 Å². The molecule has 0 fully saturated rings. The van der Waals surface area contributed by atoms with Crippen LogP contribution >= 0.6 is 0 Å². The maximum absolute atomic E-state index is 13.5. The predicted octanol–water partition coefficient (Wildman–Crippen LogP) is 3.01. The van der Waals surface area contributed by atoms with Crippen molar-refractivity contribution in [3.8, 4) is 5.75 Å². The summed E-state index contributed by atoms with van der Waals surface area (Å²) in [6.07, 6.45) is 5.00. The number of anilines is 1. The summed E-state index contributed by atoms with van der Waals surface area (Å²) in [4.78, 5) is 37.9. The fourth-order valence-corrected chi connectivity index (χ4v) is 4.23. The second-order valence-corrected chi connectivity index (χ2v) is 9.74. The number of urea groups is 1. The molecule has 10 nitrogen and oxygen atoms in total. The van der Waals surface area contributed by atoms with E-state index in [2.05, 4.69) is 39.3 Å². The molecule has 2 aromatic rings. The van der Waals surface area contributed by atoms with Crippen LogP contribution in [-0.4, -0.2) is 83.7 Å². The van der Waals surface area contributed by atoms with Crippen LogP contribution in [0.25, 0.3) is 0 Å². The van der Waals surface area contributed by atoms with Gasteiger partial charge in [-0.15, -0.1) is 0 Å². The number of rotatable bonds is 5. The molecule has 10 heteroatoms. The van der Waals surface area contributed by atoms with Gasteiger partial charge in [-0.1, -0.05) is 6.92 Å². The van der Waals surface area contributed by atoms with Crippen LogP contribution in [0.5, 0.6) is 5.75 Å². The van der Waals surface area contributed by atoms with Crippen molar-refractivity contribution < 1.29 is 19.1 Å². The minimum Gasteiger partial charge on any atom is -0.491 e. The Morgan fingerprint density at radius 3 is 2.61 bits per heavy atom. The van der Waals surface area contributed by atoms with Gasteiger partial charge in [0, 0.05) is 69.5 Å². The Bertz CT molecular complexity index is 1020. The number of likely N-dealkylation sites (N-methyl/N-ethyl adjacent to an activating group) is 1. The lowest BCUT2D eigenvalue weighted by atomic mass is 10.0. The second kappa shape index (κ2) is 12.6. The first-order valence-electron chi connectivity index (χ1n) is 12.3. The zero-order valence-electron chi connectivity index (χ0n) is 22.0. The largest absolute Gasteiger partial charge is 0.491 e. The number of carbonyl (C=O) groups is 2. The highest BCUT2D eigenvalue weighted by molar-refractivity contribution is 5.99. The van der Waals surface area contributed by atoms with Gasteiger partial charge < -0.3 is 25.0 Å². The van der Waals surface area contributed by atoms with E-state index in [1.807, 2.05) is 26.2 Å². The summed E-state index contributed by atoms with van der Waals surface area (Å²) in [6.45, 7) is 10.2. The van der Waals surface area contributed by atoms with Gasteiger partial charge in [0.1, 0.15) is 18.7 Å². The summed E-state index contributed by atoms with van der Waals surface area (Å²) in [5.41, 5.74) is 1.92. The molecule has 3 atom stereocenters. The number of carbonyl (C=O) groups excluding carboxylic acids is 2. The van der Waals surface area contributed by atoms with Crippen LogP contribution < -0.4 is 15.4 Å². The Balaban J connectivity index is 1.91. The zero-order valence-corrected chi connectivity index (χ0v) is 22.0. The van der Waals surface area contributed by atoms with Crippen molar-refractivity contribution in [2.24, 2.45) is 5.92 Å². The van der Waals surface area contributed by atoms with E-state index in [0.29, 0.717) is 36.7 Å². The van der Waals surface area contributed by atoms with Gasteiger partial charge in [-0.25, -0.2) is 14.8 Å². The molecule has 2 heterocycles. The number of nitrogens with zero attached hydrogens (tertiary/aromatic N) is 4. The number of aromatic nitrogens is 2. The lowest BCUT2D eigenvalue weighted by Gasteiger charge is -2.36. The van der Waals surface area contributed by atoms with Gasteiger partial charge in [-0.3, -0.25) is 9.69 Å². The molecular weight excluding hydrogens is 460 g/mol. The highest BCUT2D eigenvalue weighted by Gasteiger charge is 2.28. The molecule has 1 aliphatic rings. The SMILES string of the molecule is CO[C@@H]1CN(C)C(=O)c2cc(NC(=O)NC(C)C)ccc2OC[C@@H](C)N(Cc2cncnc2)C[C@@H]1C. The fourth-order valence-electron chi connectivity index (χ4n) is 4.23. The summed E-state index contributed by atoms with van der Waals surface area (Å²) in [5, 5.41) is 5.58. The zero-order chi connectivity index (χ0) is 26.2. The number of ether oxygens (including phenoxy) is 2. The van der Waals surface area contributed by atoms with E-state index in [-0.39, 0.29) is 36.0 Å². The number of benzene rings is 1. The van der Waals surface area contributed by atoms with Gasteiger partial charge in [-0.05, 0) is 44.9 Å². The first-order chi connectivity index (χ1) is 17.2. The lowest BCUT2D eigenvalue weighted by Crippen LogP contribution is -2.46. The normalized spacial score (nSPS) is 21.7. The second-order valence-electron chi connectivity index (χ2n) is 9.74. The average Bonchev–Trinajstić information content (AvgIpc) is 2.84. The summed E-state index contributed by atoms with van der Waals surface area (Å²) in [6, 6.07) is 4.83. The van der Waals surface area contributed by atoms with E-state index >= 15 is 0 Å². The van der Waals surface area contributed by atoms with Gasteiger partial charge in [0.15, 0.2) is 0 Å². The van der Waals surface area contributed by atoms with Crippen molar-refractivity contribution in [2.75, 3.05) is 39.2 Å². The Kier molecular flexibility index (Phi) is 9.60. The van der Waals surface area contributed by atoms with Crippen molar-refractivity contribution in [3.05, 3.63) is 48.0 Å². The first kappa shape index (κ1) is 27.3. The molecule has 0 saturated heterocycles. The molecule has 1 aromatic heterocycles. The summed E-state index contributed by atoms with van der Waals surface area (Å²) >= 11 is 0. The van der Waals surface area contributed by atoms with E-state index in [0.717, 1.165) is 12.1 Å². The molecule has 1 aliphatic heterocycles. The molecule has 0 spiro atoms. The third-order valence-corrected chi connectivity index (χ3v) is 6.25. The van der Waals surface area contributed by atoms with Gasteiger partial charge in [0.25, 0.3) is 5.91 Å².